The van der Waals surface area contributed by atoms with Gasteiger partial charge in [-0.2, -0.15) is 0 Å². The number of rotatable bonds is 5. The van der Waals surface area contributed by atoms with E-state index in [1.54, 1.807) is 7.11 Å². The summed E-state index contributed by atoms with van der Waals surface area (Å²) in [5.41, 5.74) is 12.3. The summed E-state index contributed by atoms with van der Waals surface area (Å²) in [6.45, 7) is 0.223. The number of benzene rings is 2. The Balaban J connectivity index is 2.25. The van der Waals surface area contributed by atoms with Crippen LogP contribution in [0.15, 0.2) is 36.4 Å². The fourth-order valence-corrected chi connectivity index (χ4v) is 2.14. The summed E-state index contributed by atoms with van der Waals surface area (Å²) in [5.74, 6) is 0.292. The highest BCUT2D eigenvalue weighted by atomic mass is 35.5. The van der Waals surface area contributed by atoms with Crippen molar-refractivity contribution < 1.29 is 14.3 Å². The molecule has 2 aromatic rings. The SMILES string of the molecule is COc1cccc(COc2c(Cl)cc(N)cc2C(N)=O)c1. The zero-order valence-electron chi connectivity index (χ0n) is 11.4. The first-order valence-corrected chi connectivity index (χ1v) is 6.53. The van der Waals surface area contributed by atoms with Gasteiger partial charge in [-0.15, -0.1) is 0 Å². The summed E-state index contributed by atoms with van der Waals surface area (Å²) in [4.78, 5) is 11.4. The van der Waals surface area contributed by atoms with Crippen molar-refractivity contribution in [3.63, 3.8) is 0 Å². The zero-order chi connectivity index (χ0) is 15.4. The lowest BCUT2D eigenvalue weighted by molar-refractivity contribution is 0.0996. The number of hydrogen-bond acceptors (Lipinski definition) is 4. The number of primary amides is 1. The maximum atomic E-state index is 11.4. The van der Waals surface area contributed by atoms with Gasteiger partial charge in [0.15, 0.2) is 5.75 Å². The van der Waals surface area contributed by atoms with E-state index in [4.69, 9.17) is 32.5 Å². The van der Waals surface area contributed by atoms with Crippen molar-refractivity contribution in [1.82, 2.24) is 0 Å². The summed E-state index contributed by atoms with van der Waals surface area (Å²) in [5, 5.41) is 0.242. The fraction of sp³-hybridized carbons (Fsp3) is 0.133. The smallest absolute Gasteiger partial charge is 0.252 e. The second-order valence-electron chi connectivity index (χ2n) is 4.38. The van der Waals surface area contributed by atoms with Crippen LogP contribution in [0.2, 0.25) is 5.02 Å². The Kier molecular flexibility index (Phi) is 4.55. The molecule has 0 saturated heterocycles. The van der Waals surface area contributed by atoms with Gasteiger partial charge >= 0.3 is 0 Å². The number of anilines is 1. The van der Waals surface area contributed by atoms with Crippen LogP contribution in [0.25, 0.3) is 0 Å². The van der Waals surface area contributed by atoms with Gasteiger partial charge in [0.1, 0.15) is 12.4 Å². The third-order valence-electron chi connectivity index (χ3n) is 2.85. The molecule has 4 N–H and O–H groups in total. The third kappa shape index (κ3) is 3.58. The van der Waals surface area contributed by atoms with E-state index in [-0.39, 0.29) is 22.9 Å². The molecule has 0 fully saturated rings. The molecule has 5 nitrogen and oxygen atoms in total. The minimum atomic E-state index is -0.648. The van der Waals surface area contributed by atoms with Crippen LogP contribution in [-0.2, 0) is 6.61 Å². The molecule has 0 spiro atoms. The van der Waals surface area contributed by atoms with Gasteiger partial charge in [0, 0.05) is 5.69 Å². The molecule has 6 heteroatoms. The number of amides is 1. The molecule has 110 valence electrons. The van der Waals surface area contributed by atoms with Crippen molar-refractivity contribution >= 4 is 23.2 Å². The van der Waals surface area contributed by atoms with Crippen molar-refractivity contribution in [3.8, 4) is 11.5 Å². The van der Waals surface area contributed by atoms with Crippen LogP contribution in [-0.4, -0.2) is 13.0 Å². The van der Waals surface area contributed by atoms with Crippen molar-refractivity contribution in [2.24, 2.45) is 5.73 Å². The molecule has 0 radical (unpaired) electrons. The van der Waals surface area contributed by atoms with Crippen LogP contribution in [0.3, 0.4) is 0 Å². The standard InChI is InChI=1S/C15H15ClN2O3/c1-20-11-4-2-3-9(5-11)8-21-14-12(15(18)19)6-10(17)7-13(14)16/h2-7H,8,17H2,1H3,(H2,18,19). The second kappa shape index (κ2) is 6.37. The van der Waals surface area contributed by atoms with Gasteiger partial charge in [-0.25, -0.2) is 0 Å². The topological polar surface area (TPSA) is 87.6 Å². The number of nitrogen functional groups attached to an aromatic ring is 1. The quantitative estimate of drug-likeness (QED) is 0.831. The molecule has 0 bridgehead atoms. The minimum absolute atomic E-state index is 0.155. The molecule has 0 unspecified atom stereocenters. The second-order valence-corrected chi connectivity index (χ2v) is 4.79. The summed E-state index contributed by atoms with van der Waals surface area (Å²) >= 11 is 6.07. The summed E-state index contributed by atoms with van der Waals surface area (Å²) in [6, 6.07) is 10.3. The van der Waals surface area contributed by atoms with E-state index in [1.165, 1.54) is 12.1 Å². The number of carbonyl (C=O) groups is 1. The molecule has 0 atom stereocenters. The molecular formula is C15H15ClN2O3. The molecule has 2 rings (SSSR count). The Morgan fingerprint density at radius 1 is 1.29 bits per heavy atom. The van der Waals surface area contributed by atoms with Crippen LogP contribution in [0.5, 0.6) is 11.5 Å². The van der Waals surface area contributed by atoms with Crippen molar-refractivity contribution in [3.05, 3.63) is 52.5 Å². The van der Waals surface area contributed by atoms with Crippen LogP contribution in [0.4, 0.5) is 5.69 Å². The van der Waals surface area contributed by atoms with E-state index in [2.05, 4.69) is 0 Å². The summed E-state index contributed by atoms with van der Waals surface area (Å²) in [7, 11) is 1.59. The van der Waals surface area contributed by atoms with E-state index in [0.29, 0.717) is 5.69 Å². The third-order valence-corrected chi connectivity index (χ3v) is 3.13. The van der Waals surface area contributed by atoms with Crippen LogP contribution < -0.4 is 20.9 Å². The molecule has 0 saturated carbocycles. The van der Waals surface area contributed by atoms with Gasteiger partial charge in [0.2, 0.25) is 0 Å². The molecule has 0 aliphatic rings. The maximum absolute atomic E-state index is 11.4. The average molecular weight is 307 g/mol. The van der Waals surface area contributed by atoms with Gasteiger partial charge < -0.3 is 20.9 Å². The monoisotopic (exact) mass is 306 g/mol. The Morgan fingerprint density at radius 3 is 2.71 bits per heavy atom. The number of halogens is 1. The zero-order valence-corrected chi connectivity index (χ0v) is 12.2. The number of methoxy groups -OCH3 is 1. The molecule has 0 aliphatic carbocycles. The van der Waals surface area contributed by atoms with Crippen LogP contribution in [0, 0.1) is 0 Å². The van der Waals surface area contributed by atoms with Gasteiger partial charge in [0.05, 0.1) is 17.7 Å². The fourth-order valence-electron chi connectivity index (χ4n) is 1.86. The Labute approximate surface area is 127 Å². The van der Waals surface area contributed by atoms with E-state index >= 15 is 0 Å². The van der Waals surface area contributed by atoms with Gasteiger partial charge in [-0.3, -0.25) is 4.79 Å². The largest absolute Gasteiger partial charge is 0.497 e. The first kappa shape index (κ1) is 15.0. The average Bonchev–Trinajstić information content (AvgIpc) is 2.45. The highest BCUT2D eigenvalue weighted by Crippen LogP contribution is 2.32. The first-order valence-electron chi connectivity index (χ1n) is 6.16. The molecule has 21 heavy (non-hydrogen) atoms. The normalized spacial score (nSPS) is 10.2. The number of hydrogen-bond donors (Lipinski definition) is 2. The molecule has 0 aliphatic heterocycles. The molecule has 2 aromatic carbocycles. The van der Waals surface area contributed by atoms with Crippen molar-refractivity contribution in [2.75, 3.05) is 12.8 Å². The number of ether oxygens (including phenoxy) is 2. The predicted molar refractivity (Wildman–Crippen MR) is 81.7 cm³/mol. The van der Waals surface area contributed by atoms with Gasteiger partial charge in [0.25, 0.3) is 5.91 Å². The predicted octanol–water partition coefficient (Wildman–Crippen LogP) is 2.61. The Bertz CT molecular complexity index is 674. The lowest BCUT2D eigenvalue weighted by Gasteiger charge is -2.13. The Hall–Kier alpha value is -2.40. The molecular weight excluding hydrogens is 292 g/mol. The molecule has 1 amide bonds. The van der Waals surface area contributed by atoms with E-state index in [9.17, 15) is 4.79 Å². The molecule has 0 heterocycles. The van der Waals surface area contributed by atoms with Crippen LogP contribution >= 0.6 is 11.6 Å². The highest BCUT2D eigenvalue weighted by molar-refractivity contribution is 6.33. The highest BCUT2D eigenvalue weighted by Gasteiger charge is 2.15. The summed E-state index contributed by atoms with van der Waals surface area (Å²) < 4.78 is 10.8. The van der Waals surface area contributed by atoms with E-state index < -0.39 is 5.91 Å². The lowest BCUT2D eigenvalue weighted by Crippen LogP contribution is -2.14. The minimum Gasteiger partial charge on any atom is -0.497 e. The Morgan fingerprint density at radius 2 is 2.05 bits per heavy atom. The number of carbonyl (C=O) groups excluding carboxylic acids is 1. The lowest BCUT2D eigenvalue weighted by atomic mass is 10.1. The van der Waals surface area contributed by atoms with E-state index in [1.807, 2.05) is 24.3 Å². The summed E-state index contributed by atoms with van der Waals surface area (Å²) in [6.07, 6.45) is 0. The molecule has 0 aromatic heterocycles. The van der Waals surface area contributed by atoms with Crippen molar-refractivity contribution in [2.45, 2.75) is 6.61 Å². The number of nitrogens with two attached hydrogens (primary N) is 2. The van der Waals surface area contributed by atoms with E-state index in [0.717, 1.165) is 11.3 Å². The van der Waals surface area contributed by atoms with Crippen molar-refractivity contribution in [1.29, 1.82) is 0 Å². The van der Waals surface area contributed by atoms with Gasteiger partial charge in [-0.05, 0) is 29.8 Å². The van der Waals surface area contributed by atoms with Crippen LogP contribution in [0.1, 0.15) is 15.9 Å². The maximum Gasteiger partial charge on any atom is 0.252 e. The van der Waals surface area contributed by atoms with Gasteiger partial charge in [-0.1, -0.05) is 23.7 Å². The first-order chi connectivity index (χ1) is 10.0.